The summed E-state index contributed by atoms with van der Waals surface area (Å²) >= 11 is 0. The molecular weight excluding hydrogens is 171 g/mol. The molecule has 0 aromatic heterocycles. The average molecular weight is 184 g/mol. The summed E-state index contributed by atoms with van der Waals surface area (Å²) in [4.78, 5) is 12.5. The zero-order valence-corrected chi connectivity index (χ0v) is 7.50. The molecule has 4 heteroatoms. The number of nitrogens with zero attached hydrogens (tertiary/aromatic N) is 2. The molecule has 2 aliphatic heterocycles. The first kappa shape index (κ1) is 8.81. The molecule has 2 heterocycles. The van der Waals surface area contributed by atoms with Crippen LogP contribution in [0.5, 0.6) is 0 Å². The van der Waals surface area contributed by atoms with Gasteiger partial charge >= 0.3 is 0 Å². The summed E-state index contributed by atoms with van der Waals surface area (Å²) in [5.41, 5.74) is 0.683. The van der Waals surface area contributed by atoms with Crippen molar-refractivity contribution in [2.24, 2.45) is 5.18 Å². The summed E-state index contributed by atoms with van der Waals surface area (Å²) in [6, 6.07) is 0. The minimum atomic E-state index is -0.125. The molecule has 0 bridgehead atoms. The molecule has 2 aliphatic rings. The lowest BCUT2D eigenvalue weighted by molar-refractivity contribution is 0.204. The van der Waals surface area contributed by atoms with Crippen LogP contribution in [0, 0.1) is 4.91 Å². The Kier molecular flexibility index (Phi) is 2.15. The van der Waals surface area contributed by atoms with E-state index < -0.39 is 0 Å². The van der Waals surface area contributed by atoms with E-state index in [1.165, 1.54) is 0 Å². The standard InChI is InChI=1S/C9H13FN2O/c10-5-8-4-9(7-11-13)2-1-3-12(9)6-8/h5H,1-4,6-7H2/b8-5-. The minimum Gasteiger partial charge on any atom is -0.291 e. The molecule has 2 fully saturated rings. The second kappa shape index (κ2) is 3.18. The smallest absolute Gasteiger partial charge is 0.0998 e. The van der Waals surface area contributed by atoms with E-state index in [-0.39, 0.29) is 5.54 Å². The lowest BCUT2D eigenvalue weighted by Crippen LogP contribution is -2.40. The maximum absolute atomic E-state index is 12.3. The van der Waals surface area contributed by atoms with E-state index in [0.29, 0.717) is 25.8 Å². The number of hydrogen-bond acceptors (Lipinski definition) is 3. The predicted octanol–water partition coefficient (Wildman–Crippen LogP) is 1.84. The fraction of sp³-hybridized carbons (Fsp3) is 0.778. The van der Waals surface area contributed by atoms with Gasteiger partial charge in [0.05, 0.1) is 12.9 Å². The second-order valence-corrected chi connectivity index (χ2v) is 3.98. The van der Waals surface area contributed by atoms with Gasteiger partial charge in [-0.15, -0.1) is 0 Å². The molecule has 0 aliphatic carbocycles. The quantitative estimate of drug-likeness (QED) is 0.613. The molecule has 3 nitrogen and oxygen atoms in total. The van der Waals surface area contributed by atoms with Gasteiger partial charge in [-0.3, -0.25) is 4.90 Å². The highest BCUT2D eigenvalue weighted by Crippen LogP contribution is 2.41. The van der Waals surface area contributed by atoms with E-state index in [4.69, 9.17) is 0 Å². The van der Waals surface area contributed by atoms with Crippen LogP contribution in [-0.2, 0) is 0 Å². The third-order valence-corrected chi connectivity index (χ3v) is 3.20. The van der Waals surface area contributed by atoms with E-state index in [2.05, 4.69) is 10.1 Å². The van der Waals surface area contributed by atoms with Crippen LogP contribution in [0.4, 0.5) is 4.39 Å². The second-order valence-electron chi connectivity index (χ2n) is 3.98. The molecule has 0 spiro atoms. The molecule has 1 unspecified atom stereocenters. The van der Waals surface area contributed by atoms with E-state index >= 15 is 0 Å². The normalized spacial score (nSPS) is 36.8. The summed E-state index contributed by atoms with van der Waals surface area (Å²) in [6.07, 6.45) is 3.46. The summed E-state index contributed by atoms with van der Waals surface area (Å²) in [6.45, 7) is 1.98. The van der Waals surface area contributed by atoms with E-state index in [9.17, 15) is 9.30 Å². The lowest BCUT2D eigenvalue weighted by Gasteiger charge is -2.28. The highest BCUT2D eigenvalue weighted by atomic mass is 19.1. The van der Waals surface area contributed by atoms with Crippen molar-refractivity contribution in [1.29, 1.82) is 0 Å². The Morgan fingerprint density at radius 2 is 2.54 bits per heavy atom. The predicted molar refractivity (Wildman–Crippen MR) is 48.0 cm³/mol. The zero-order chi connectivity index (χ0) is 9.31. The van der Waals surface area contributed by atoms with Gasteiger partial charge in [-0.25, -0.2) is 4.39 Å². The SMILES string of the molecule is O=NCC12CCCN1C/C(=C\F)C2. The molecule has 2 saturated heterocycles. The van der Waals surface area contributed by atoms with Gasteiger partial charge < -0.3 is 0 Å². The first-order valence-electron chi connectivity index (χ1n) is 4.63. The number of hydrogen-bond donors (Lipinski definition) is 0. The molecule has 0 N–H and O–H groups in total. The van der Waals surface area contributed by atoms with Gasteiger partial charge in [0.1, 0.15) is 0 Å². The van der Waals surface area contributed by atoms with Gasteiger partial charge in [0.2, 0.25) is 0 Å². The summed E-state index contributed by atoms with van der Waals surface area (Å²) in [5.74, 6) is 0. The van der Waals surface area contributed by atoms with E-state index in [1.807, 2.05) is 0 Å². The molecule has 1 atom stereocenters. The Hall–Kier alpha value is -0.770. The van der Waals surface area contributed by atoms with Crippen LogP contribution < -0.4 is 0 Å². The van der Waals surface area contributed by atoms with E-state index in [0.717, 1.165) is 25.0 Å². The van der Waals surface area contributed by atoms with Crippen LogP contribution in [0.2, 0.25) is 0 Å². The van der Waals surface area contributed by atoms with Gasteiger partial charge in [-0.05, 0) is 31.4 Å². The molecule has 0 radical (unpaired) electrons. The molecule has 2 rings (SSSR count). The summed E-state index contributed by atoms with van der Waals surface area (Å²) in [5, 5.41) is 2.98. The van der Waals surface area contributed by atoms with Crippen LogP contribution in [0.25, 0.3) is 0 Å². The third-order valence-electron chi connectivity index (χ3n) is 3.20. The van der Waals surface area contributed by atoms with Crippen molar-refractivity contribution in [2.75, 3.05) is 19.6 Å². The minimum absolute atomic E-state index is 0.125. The molecule has 72 valence electrons. The average Bonchev–Trinajstić information content (AvgIpc) is 2.60. The third kappa shape index (κ3) is 1.29. The first-order valence-corrected chi connectivity index (χ1v) is 4.63. The first-order chi connectivity index (χ1) is 6.30. The van der Waals surface area contributed by atoms with Crippen LogP contribution >= 0.6 is 0 Å². The Morgan fingerprint density at radius 1 is 1.69 bits per heavy atom. The molecule has 0 aromatic carbocycles. The Balaban J connectivity index is 2.19. The van der Waals surface area contributed by atoms with Crippen molar-refractivity contribution >= 4 is 0 Å². The van der Waals surface area contributed by atoms with Crippen molar-refractivity contribution in [3.63, 3.8) is 0 Å². The molecular formula is C9H13FN2O. The van der Waals surface area contributed by atoms with Crippen molar-refractivity contribution in [3.8, 4) is 0 Å². The van der Waals surface area contributed by atoms with Crippen LogP contribution in [-0.4, -0.2) is 30.1 Å². The fourth-order valence-electron chi connectivity index (χ4n) is 2.59. The van der Waals surface area contributed by atoms with Crippen LogP contribution in [0.1, 0.15) is 19.3 Å². The number of rotatable bonds is 2. The zero-order valence-electron chi connectivity index (χ0n) is 7.50. The number of fused-ring (bicyclic) bond motifs is 1. The maximum atomic E-state index is 12.3. The van der Waals surface area contributed by atoms with Gasteiger partial charge in [0.15, 0.2) is 0 Å². The van der Waals surface area contributed by atoms with Crippen LogP contribution in [0.3, 0.4) is 0 Å². The number of halogens is 1. The molecule has 0 saturated carbocycles. The highest BCUT2D eigenvalue weighted by molar-refractivity contribution is 5.19. The van der Waals surface area contributed by atoms with Crippen molar-refractivity contribution < 1.29 is 4.39 Å². The highest BCUT2D eigenvalue weighted by Gasteiger charge is 2.46. The molecule has 0 amide bonds. The van der Waals surface area contributed by atoms with E-state index in [1.54, 1.807) is 0 Å². The van der Waals surface area contributed by atoms with Crippen LogP contribution in [0.15, 0.2) is 17.1 Å². The van der Waals surface area contributed by atoms with Gasteiger partial charge in [0, 0.05) is 12.1 Å². The monoisotopic (exact) mass is 184 g/mol. The van der Waals surface area contributed by atoms with Gasteiger partial charge in [-0.2, -0.15) is 4.91 Å². The van der Waals surface area contributed by atoms with Gasteiger partial charge in [0.25, 0.3) is 0 Å². The molecule has 0 aromatic rings. The molecule has 13 heavy (non-hydrogen) atoms. The topological polar surface area (TPSA) is 32.7 Å². The van der Waals surface area contributed by atoms with Crippen molar-refractivity contribution in [3.05, 3.63) is 16.8 Å². The lowest BCUT2D eigenvalue weighted by atomic mass is 9.93. The largest absolute Gasteiger partial charge is 0.291 e. The van der Waals surface area contributed by atoms with Crippen molar-refractivity contribution in [1.82, 2.24) is 4.90 Å². The van der Waals surface area contributed by atoms with Gasteiger partial charge in [-0.1, -0.05) is 5.18 Å². The van der Waals surface area contributed by atoms with Crippen molar-refractivity contribution in [2.45, 2.75) is 24.8 Å². The number of nitroso groups, excluding NO2 is 1. The Labute approximate surface area is 76.6 Å². The maximum Gasteiger partial charge on any atom is 0.0998 e. The summed E-state index contributed by atoms with van der Waals surface area (Å²) < 4.78 is 12.3. The Bertz CT molecular complexity index is 254. The summed E-state index contributed by atoms with van der Waals surface area (Å²) in [7, 11) is 0. The fourth-order valence-corrected chi connectivity index (χ4v) is 2.59. The Morgan fingerprint density at radius 3 is 3.23 bits per heavy atom.